The maximum Gasteiger partial charge on any atom is 0.310 e. The minimum Gasteiger partial charge on any atom is -0.481 e. The van der Waals surface area contributed by atoms with Gasteiger partial charge in [0.2, 0.25) is 0 Å². The zero-order valence-corrected chi connectivity index (χ0v) is 22.6. The minimum absolute atomic E-state index is 0.288. The number of carbonyl (C=O) groups is 3. The topological polar surface area (TPSA) is 89.9 Å². The van der Waals surface area contributed by atoms with Gasteiger partial charge < -0.3 is 14.6 Å². The Balaban J connectivity index is 2.39. The van der Waals surface area contributed by atoms with E-state index in [2.05, 4.69) is 13.8 Å². The molecular formula is C29H52O6. The lowest BCUT2D eigenvalue weighted by atomic mass is 9.72. The molecule has 0 amide bonds. The smallest absolute Gasteiger partial charge is 0.310 e. The normalized spacial score (nSPS) is 19.9. The highest BCUT2D eigenvalue weighted by molar-refractivity contribution is 5.87. The fourth-order valence-electron chi connectivity index (χ4n) is 5.09. The fraction of sp³-hybridized carbons (Fsp3) is 0.897. The number of ether oxygens (including phenoxy) is 2. The van der Waals surface area contributed by atoms with Gasteiger partial charge in [-0.15, -0.1) is 0 Å². The number of carboxylic acids is 1. The van der Waals surface area contributed by atoms with Crippen molar-refractivity contribution in [3.8, 4) is 0 Å². The molecule has 0 radical (unpaired) electrons. The molecule has 1 saturated carbocycles. The third-order valence-corrected chi connectivity index (χ3v) is 7.27. The molecule has 6 heteroatoms. The summed E-state index contributed by atoms with van der Waals surface area (Å²) in [5.41, 5.74) is 0. The second kappa shape index (κ2) is 20.6. The van der Waals surface area contributed by atoms with Crippen LogP contribution in [0, 0.1) is 17.8 Å². The monoisotopic (exact) mass is 496 g/mol. The first-order chi connectivity index (χ1) is 17.0. The zero-order valence-electron chi connectivity index (χ0n) is 22.6. The molecule has 1 aliphatic carbocycles. The van der Waals surface area contributed by atoms with Gasteiger partial charge in [-0.25, -0.2) is 0 Å². The van der Waals surface area contributed by atoms with E-state index in [4.69, 9.17) is 9.47 Å². The third kappa shape index (κ3) is 13.9. The molecule has 35 heavy (non-hydrogen) atoms. The molecule has 0 aromatic carbocycles. The van der Waals surface area contributed by atoms with Crippen LogP contribution >= 0.6 is 0 Å². The van der Waals surface area contributed by atoms with Crippen molar-refractivity contribution in [1.82, 2.24) is 0 Å². The lowest BCUT2D eigenvalue weighted by molar-refractivity contribution is -0.170. The number of carbonyl (C=O) groups excluding carboxylic acids is 2. The fourth-order valence-corrected chi connectivity index (χ4v) is 5.09. The predicted octanol–water partition coefficient (Wildman–Crippen LogP) is 7.47. The van der Waals surface area contributed by atoms with Gasteiger partial charge in [-0.1, -0.05) is 110 Å². The Labute approximate surface area is 213 Å². The Morgan fingerprint density at radius 1 is 0.600 bits per heavy atom. The van der Waals surface area contributed by atoms with Crippen LogP contribution in [0.25, 0.3) is 0 Å². The van der Waals surface area contributed by atoms with Crippen molar-refractivity contribution in [2.75, 3.05) is 13.2 Å². The number of carboxylic acid groups (broad SMARTS) is 1. The quantitative estimate of drug-likeness (QED) is 0.131. The lowest BCUT2D eigenvalue weighted by Crippen LogP contribution is -2.43. The molecule has 3 atom stereocenters. The van der Waals surface area contributed by atoms with Crippen molar-refractivity contribution in [3.05, 3.63) is 0 Å². The lowest BCUT2D eigenvalue weighted by Gasteiger charge is -2.33. The summed E-state index contributed by atoms with van der Waals surface area (Å²) in [6.45, 7) is 5.04. The maximum atomic E-state index is 12.9. The van der Waals surface area contributed by atoms with Gasteiger partial charge in [-0.05, 0) is 25.7 Å². The minimum atomic E-state index is -1.03. The van der Waals surface area contributed by atoms with Crippen LogP contribution in [0.5, 0.6) is 0 Å². The zero-order chi connectivity index (χ0) is 25.7. The highest BCUT2D eigenvalue weighted by atomic mass is 16.5. The Kier molecular flexibility index (Phi) is 18.5. The number of hydrogen-bond donors (Lipinski definition) is 1. The van der Waals surface area contributed by atoms with Crippen LogP contribution in [0.1, 0.15) is 136 Å². The highest BCUT2D eigenvalue weighted by Gasteiger charge is 2.46. The average Bonchev–Trinajstić information content (AvgIpc) is 2.85. The second-order valence-corrected chi connectivity index (χ2v) is 10.3. The van der Waals surface area contributed by atoms with E-state index in [1.807, 2.05) is 0 Å². The SMILES string of the molecule is CCCCCCCCCCOC(=O)C1CCCC(C(=O)O)C1C(=O)OCCCCCCCCCC. The van der Waals surface area contributed by atoms with Crippen LogP contribution in [0.15, 0.2) is 0 Å². The van der Waals surface area contributed by atoms with Crippen LogP contribution in [0.2, 0.25) is 0 Å². The van der Waals surface area contributed by atoms with E-state index in [9.17, 15) is 19.5 Å². The number of unbranched alkanes of at least 4 members (excludes halogenated alkanes) is 14. The highest BCUT2D eigenvalue weighted by Crippen LogP contribution is 2.37. The molecule has 0 aromatic rings. The largest absolute Gasteiger partial charge is 0.481 e. The van der Waals surface area contributed by atoms with Gasteiger partial charge >= 0.3 is 17.9 Å². The summed E-state index contributed by atoms with van der Waals surface area (Å²) in [5.74, 6) is -4.55. The van der Waals surface area contributed by atoms with Gasteiger partial charge in [0.05, 0.1) is 31.0 Å². The summed E-state index contributed by atoms with van der Waals surface area (Å²) >= 11 is 0. The molecule has 1 rings (SSSR count). The van der Waals surface area contributed by atoms with Crippen LogP contribution < -0.4 is 0 Å². The van der Waals surface area contributed by atoms with E-state index in [-0.39, 0.29) is 6.61 Å². The molecule has 0 heterocycles. The van der Waals surface area contributed by atoms with Crippen LogP contribution in [0.4, 0.5) is 0 Å². The number of hydrogen-bond acceptors (Lipinski definition) is 5. The van der Waals surface area contributed by atoms with Crippen molar-refractivity contribution in [2.45, 2.75) is 136 Å². The molecule has 3 unspecified atom stereocenters. The van der Waals surface area contributed by atoms with Crippen molar-refractivity contribution >= 4 is 17.9 Å². The van der Waals surface area contributed by atoms with Crippen molar-refractivity contribution < 1.29 is 29.0 Å². The molecule has 0 bridgehead atoms. The third-order valence-electron chi connectivity index (χ3n) is 7.27. The van der Waals surface area contributed by atoms with Gasteiger partial charge in [0.25, 0.3) is 0 Å². The molecule has 0 aromatic heterocycles. The number of rotatable bonds is 21. The van der Waals surface area contributed by atoms with Crippen LogP contribution in [-0.4, -0.2) is 36.2 Å². The molecule has 1 N–H and O–H groups in total. The Hall–Kier alpha value is -1.59. The Bertz CT molecular complexity index is 576. The molecule has 0 spiro atoms. The first-order valence-corrected chi connectivity index (χ1v) is 14.6. The maximum absolute atomic E-state index is 12.9. The van der Waals surface area contributed by atoms with Crippen LogP contribution in [0.3, 0.4) is 0 Å². The van der Waals surface area contributed by atoms with Crippen molar-refractivity contribution in [3.63, 3.8) is 0 Å². The molecular weight excluding hydrogens is 444 g/mol. The number of aliphatic carboxylic acids is 1. The van der Waals surface area contributed by atoms with E-state index in [0.717, 1.165) is 38.5 Å². The molecule has 1 fully saturated rings. The van der Waals surface area contributed by atoms with E-state index >= 15 is 0 Å². The predicted molar refractivity (Wildman–Crippen MR) is 139 cm³/mol. The molecule has 1 aliphatic rings. The van der Waals surface area contributed by atoms with Gasteiger partial charge in [0, 0.05) is 0 Å². The van der Waals surface area contributed by atoms with Gasteiger partial charge in [-0.3, -0.25) is 14.4 Å². The van der Waals surface area contributed by atoms with Gasteiger partial charge in [-0.2, -0.15) is 0 Å². The Morgan fingerprint density at radius 3 is 1.46 bits per heavy atom. The van der Waals surface area contributed by atoms with E-state index in [0.29, 0.717) is 25.9 Å². The summed E-state index contributed by atoms with van der Waals surface area (Å²) in [6.07, 6.45) is 19.9. The van der Waals surface area contributed by atoms with Crippen molar-refractivity contribution in [2.24, 2.45) is 17.8 Å². The number of esters is 2. The first kappa shape index (κ1) is 31.4. The average molecular weight is 497 g/mol. The van der Waals surface area contributed by atoms with Crippen molar-refractivity contribution in [1.29, 1.82) is 0 Å². The van der Waals surface area contributed by atoms with E-state index in [1.54, 1.807) is 0 Å². The molecule has 0 aliphatic heterocycles. The first-order valence-electron chi connectivity index (χ1n) is 14.6. The van der Waals surface area contributed by atoms with E-state index < -0.39 is 35.7 Å². The van der Waals surface area contributed by atoms with Gasteiger partial charge in [0.15, 0.2) is 0 Å². The summed E-state index contributed by atoms with van der Waals surface area (Å²) in [6, 6.07) is 0. The molecule has 6 nitrogen and oxygen atoms in total. The standard InChI is InChI=1S/C29H52O6/c1-3-5-7-9-11-13-15-17-22-34-28(32)25-21-19-20-24(27(30)31)26(25)29(33)35-23-18-16-14-12-10-8-6-4-2/h24-26H,3-23H2,1-2H3,(H,30,31). The van der Waals surface area contributed by atoms with E-state index in [1.165, 1.54) is 64.2 Å². The summed E-state index contributed by atoms with van der Waals surface area (Å²) in [5, 5.41) is 9.68. The molecule has 0 saturated heterocycles. The second-order valence-electron chi connectivity index (χ2n) is 10.3. The van der Waals surface area contributed by atoms with Crippen LogP contribution in [-0.2, 0) is 23.9 Å². The summed E-state index contributed by atoms with van der Waals surface area (Å²) in [7, 11) is 0. The summed E-state index contributed by atoms with van der Waals surface area (Å²) in [4.78, 5) is 37.5. The summed E-state index contributed by atoms with van der Waals surface area (Å²) < 4.78 is 11.0. The van der Waals surface area contributed by atoms with Gasteiger partial charge in [0.1, 0.15) is 0 Å². The Morgan fingerprint density at radius 2 is 1.00 bits per heavy atom. The molecule has 204 valence electrons.